The second-order valence-electron chi connectivity index (χ2n) is 6.02. The molecule has 2 saturated carbocycles. The van der Waals surface area contributed by atoms with Crippen LogP contribution in [-0.2, 0) is 9.59 Å². The summed E-state index contributed by atoms with van der Waals surface area (Å²) in [6.07, 6.45) is 4.49. The number of nitrogens with one attached hydrogen (secondary N) is 2. The number of carboxylic acid groups (broad SMARTS) is 2. The molecule has 1 atom stereocenters. The normalized spacial score (nSPS) is 19.1. The van der Waals surface area contributed by atoms with Crippen molar-refractivity contribution in [1.82, 2.24) is 10.6 Å². The quantitative estimate of drug-likeness (QED) is 0.507. The van der Waals surface area contributed by atoms with Crippen LogP contribution in [-0.4, -0.2) is 40.8 Å². The van der Waals surface area contributed by atoms with Crippen molar-refractivity contribution in [2.75, 3.05) is 6.54 Å². The maximum absolute atomic E-state index is 11.8. The van der Waals surface area contributed by atoms with Gasteiger partial charge in [-0.1, -0.05) is 0 Å². The average molecular weight is 298 g/mol. The van der Waals surface area contributed by atoms with Gasteiger partial charge in [0.25, 0.3) is 0 Å². The van der Waals surface area contributed by atoms with Gasteiger partial charge in [0.1, 0.15) is 6.04 Å². The summed E-state index contributed by atoms with van der Waals surface area (Å²) in [5.74, 6) is -0.364. The fraction of sp³-hybridized carbons (Fsp3) is 0.786. The van der Waals surface area contributed by atoms with Gasteiger partial charge in [-0.05, 0) is 49.9 Å². The summed E-state index contributed by atoms with van der Waals surface area (Å²) in [5.41, 5.74) is 0. The molecule has 2 fully saturated rings. The second-order valence-corrected chi connectivity index (χ2v) is 6.02. The lowest BCUT2D eigenvalue weighted by Gasteiger charge is -2.18. The van der Waals surface area contributed by atoms with E-state index < -0.39 is 24.0 Å². The van der Waals surface area contributed by atoms with Crippen LogP contribution in [0.2, 0.25) is 0 Å². The molecule has 0 radical (unpaired) electrons. The number of carbonyl (C=O) groups excluding carboxylic acids is 1. The largest absolute Gasteiger partial charge is 0.481 e. The van der Waals surface area contributed by atoms with Gasteiger partial charge in [-0.15, -0.1) is 0 Å². The third kappa shape index (κ3) is 5.24. The first kappa shape index (κ1) is 15.6. The van der Waals surface area contributed by atoms with Crippen LogP contribution in [0.3, 0.4) is 0 Å². The summed E-state index contributed by atoms with van der Waals surface area (Å²) in [7, 11) is 0. The van der Waals surface area contributed by atoms with Gasteiger partial charge in [0, 0.05) is 13.0 Å². The fourth-order valence-corrected chi connectivity index (χ4v) is 2.71. The number of carbonyl (C=O) groups is 3. The van der Waals surface area contributed by atoms with Crippen molar-refractivity contribution < 1.29 is 24.6 Å². The molecular formula is C14H22N2O5. The molecule has 7 heteroatoms. The zero-order valence-electron chi connectivity index (χ0n) is 11.9. The minimum absolute atomic E-state index is 0.118. The molecule has 0 aromatic heterocycles. The molecule has 4 N–H and O–H groups in total. The van der Waals surface area contributed by atoms with E-state index in [4.69, 9.17) is 10.2 Å². The lowest BCUT2D eigenvalue weighted by atomic mass is 9.98. The minimum Gasteiger partial charge on any atom is -0.481 e. The Kier molecular flexibility index (Phi) is 5.03. The number of amides is 2. The highest BCUT2D eigenvalue weighted by atomic mass is 16.4. The van der Waals surface area contributed by atoms with Gasteiger partial charge >= 0.3 is 18.0 Å². The highest BCUT2D eigenvalue weighted by Crippen LogP contribution is 2.48. The molecule has 0 aromatic carbocycles. The Hall–Kier alpha value is -1.79. The summed E-state index contributed by atoms with van der Waals surface area (Å²) in [5, 5.41) is 22.6. The number of hydrogen-bond donors (Lipinski definition) is 4. The molecule has 0 unspecified atom stereocenters. The van der Waals surface area contributed by atoms with Crippen molar-refractivity contribution in [2.24, 2.45) is 17.8 Å². The van der Waals surface area contributed by atoms with Crippen LogP contribution in [0.25, 0.3) is 0 Å². The van der Waals surface area contributed by atoms with Gasteiger partial charge in [-0.25, -0.2) is 9.59 Å². The smallest absolute Gasteiger partial charge is 0.326 e. The second kappa shape index (κ2) is 6.78. The molecule has 7 nitrogen and oxygen atoms in total. The van der Waals surface area contributed by atoms with Crippen molar-refractivity contribution >= 4 is 18.0 Å². The number of aliphatic carboxylic acids is 2. The van der Waals surface area contributed by atoms with E-state index in [1.165, 1.54) is 25.7 Å². The van der Waals surface area contributed by atoms with Crippen LogP contribution in [0.4, 0.5) is 4.79 Å². The first-order chi connectivity index (χ1) is 9.97. The number of urea groups is 1. The van der Waals surface area contributed by atoms with E-state index in [0.717, 1.165) is 0 Å². The van der Waals surface area contributed by atoms with Crippen LogP contribution in [0.15, 0.2) is 0 Å². The first-order valence-corrected chi connectivity index (χ1v) is 7.46. The summed E-state index contributed by atoms with van der Waals surface area (Å²) in [6, 6.07) is -1.69. The number of hydrogen-bond acceptors (Lipinski definition) is 3. The van der Waals surface area contributed by atoms with Gasteiger partial charge in [-0.3, -0.25) is 4.79 Å². The van der Waals surface area contributed by atoms with Gasteiger partial charge in [-0.2, -0.15) is 0 Å². The van der Waals surface area contributed by atoms with Gasteiger partial charge in [0.05, 0.1) is 0 Å². The molecule has 0 spiro atoms. The van der Waals surface area contributed by atoms with Crippen LogP contribution in [0.5, 0.6) is 0 Å². The van der Waals surface area contributed by atoms with Crippen molar-refractivity contribution in [3.63, 3.8) is 0 Å². The maximum atomic E-state index is 11.8. The monoisotopic (exact) mass is 298 g/mol. The SMILES string of the molecule is O=C(O)CC[C@H](NC(=O)NCC(C1CC1)C1CC1)C(=O)O. The molecular weight excluding hydrogens is 276 g/mol. The highest BCUT2D eigenvalue weighted by molar-refractivity contribution is 5.83. The van der Waals surface area contributed by atoms with Crippen molar-refractivity contribution in [2.45, 2.75) is 44.6 Å². The van der Waals surface area contributed by atoms with Crippen molar-refractivity contribution in [3.05, 3.63) is 0 Å². The van der Waals surface area contributed by atoms with Crippen LogP contribution in [0.1, 0.15) is 38.5 Å². The van der Waals surface area contributed by atoms with Crippen LogP contribution < -0.4 is 10.6 Å². The van der Waals surface area contributed by atoms with E-state index in [-0.39, 0.29) is 12.8 Å². The lowest BCUT2D eigenvalue weighted by molar-refractivity contribution is -0.140. The summed E-state index contributed by atoms with van der Waals surface area (Å²) in [6.45, 7) is 0.576. The van der Waals surface area contributed by atoms with E-state index in [2.05, 4.69) is 10.6 Å². The molecule has 21 heavy (non-hydrogen) atoms. The van der Waals surface area contributed by atoms with E-state index >= 15 is 0 Å². The van der Waals surface area contributed by atoms with Crippen LogP contribution in [0, 0.1) is 17.8 Å². The number of rotatable bonds is 9. The average Bonchev–Trinajstić information content (AvgIpc) is 3.25. The molecule has 0 bridgehead atoms. The first-order valence-electron chi connectivity index (χ1n) is 7.46. The molecule has 0 saturated heterocycles. The summed E-state index contributed by atoms with van der Waals surface area (Å²) >= 11 is 0. The Morgan fingerprint density at radius 2 is 1.62 bits per heavy atom. The fourth-order valence-electron chi connectivity index (χ4n) is 2.71. The third-order valence-electron chi connectivity index (χ3n) is 4.20. The van der Waals surface area contributed by atoms with Gasteiger partial charge in [0.2, 0.25) is 0 Å². The molecule has 118 valence electrons. The Morgan fingerprint density at radius 3 is 2.05 bits per heavy atom. The van der Waals surface area contributed by atoms with E-state index in [1.54, 1.807) is 0 Å². The highest BCUT2D eigenvalue weighted by Gasteiger charge is 2.41. The van der Waals surface area contributed by atoms with Gasteiger partial charge in [0.15, 0.2) is 0 Å². The minimum atomic E-state index is -1.22. The summed E-state index contributed by atoms with van der Waals surface area (Å²) in [4.78, 5) is 33.2. The van der Waals surface area contributed by atoms with Gasteiger partial charge < -0.3 is 20.8 Å². The maximum Gasteiger partial charge on any atom is 0.326 e. The molecule has 2 aliphatic rings. The topological polar surface area (TPSA) is 116 Å². The molecule has 2 amide bonds. The predicted molar refractivity (Wildman–Crippen MR) is 73.8 cm³/mol. The lowest BCUT2D eigenvalue weighted by Crippen LogP contribution is -2.47. The Morgan fingerprint density at radius 1 is 1.05 bits per heavy atom. The Balaban J connectivity index is 1.73. The Labute approximate surface area is 123 Å². The number of carboxylic acids is 2. The zero-order chi connectivity index (χ0) is 15.4. The van der Waals surface area contributed by atoms with E-state index in [9.17, 15) is 14.4 Å². The van der Waals surface area contributed by atoms with E-state index in [1.807, 2.05) is 0 Å². The van der Waals surface area contributed by atoms with E-state index in [0.29, 0.717) is 24.3 Å². The summed E-state index contributed by atoms with van der Waals surface area (Å²) < 4.78 is 0. The molecule has 0 aromatic rings. The third-order valence-corrected chi connectivity index (χ3v) is 4.20. The van der Waals surface area contributed by atoms with Crippen LogP contribution >= 0.6 is 0 Å². The molecule has 2 aliphatic carbocycles. The molecule has 0 aliphatic heterocycles. The van der Waals surface area contributed by atoms with Crippen molar-refractivity contribution in [3.8, 4) is 0 Å². The standard InChI is InChI=1S/C14H22N2O5/c17-12(18)6-5-11(13(19)20)16-14(21)15-7-10(8-1-2-8)9-3-4-9/h8-11H,1-7H2,(H,17,18)(H,19,20)(H2,15,16,21)/t11-/m0/s1. The molecule has 0 heterocycles. The predicted octanol–water partition coefficient (Wildman–Crippen LogP) is 1.04. The molecule has 2 rings (SSSR count). The Bertz CT molecular complexity index is 406. The zero-order valence-corrected chi connectivity index (χ0v) is 11.9. The van der Waals surface area contributed by atoms with Crippen molar-refractivity contribution in [1.29, 1.82) is 0 Å².